The van der Waals surface area contributed by atoms with Crippen molar-refractivity contribution in [2.24, 2.45) is 0 Å². The molecule has 0 aromatic heterocycles. The minimum absolute atomic E-state index is 0.321. The summed E-state index contributed by atoms with van der Waals surface area (Å²) in [4.78, 5) is 0. The molecular formula is C20H23NO4. The van der Waals surface area contributed by atoms with Crippen LogP contribution in [-0.4, -0.2) is 27.6 Å². The van der Waals surface area contributed by atoms with Gasteiger partial charge in [-0.1, -0.05) is 6.07 Å². The highest BCUT2D eigenvalue weighted by Crippen LogP contribution is 2.39. The lowest BCUT2D eigenvalue weighted by Crippen LogP contribution is -2.30. The van der Waals surface area contributed by atoms with Crippen LogP contribution in [-0.2, 0) is 12.8 Å². The highest BCUT2D eigenvalue weighted by molar-refractivity contribution is 5.50. The topological polar surface area (TPSA) is 49.0 Å². The second-order valence-electron chi connectivity index (χ2n) is 6.39. The van der Waals surface area contributed by atoms with E-state index in [2.05, 4.69) is 29.6 Å². The third-order valence-electron chi connectivity index (χ3n) is 4.96. The molecule has 0 radical (unpaired) electrons. The maximum absolute atomic E-state index is 5.55. The van der Waals surface area contributed by atoms with Crippen LogP contribution >= 0.6 is 0 Å². The quantitative estimate of drug-likeness (QED) is 0.905. The second kappa shape index (κ2) is 6.84. The average molecular weight is 341 g/mol. The Bertz CT molecular complexity index is 775. The number of ether oxygens (including phenoxy) is 4. The first-order valence-corrected chi connectivity index (χ1v) is 8.65. The molecule has 2 aliphatic rings. The normalized spacial score (nSPS) is 17.9. The molecule has 0 amide bonds. The van der Waals surface area contributed by atoms with E-state index in [1.54, 1.807) is 14.2 Å². The van der Waals surface area contributed by atoms with E-state index in [0.717, 1.165) is 48.8 Å². The molecule has 0 aliphatic carbocycles. The summed E-state index contributed by atoms with van der Waals surface area (Å²) in [5.41, 5.74) is 3.93. The minimum atomic E-state index is 0.321. The molecule has 4 rings (SSSR count). The van der Waals surface area contributed by atoms with Crippen LogP contribution in [0, 0.1) is 0 Å². The van der Waals surface area contributed by atoms with Crippen molar-refractivity contribution < 1.29 is 18.9 Å². The highest BCUT2D eigenvalue weighted by Gasteiger charge is 2.24. The fraction of sp³-hybridized carbons (Fsp3) is 0.400. The first-order valence-electron chi connectivity index (χ1n) is 8.65. The molecule has 1 atom stereocenters. The molecule has 5 heteroatoms. The van der Waals surface area contributed by atoms with Crippen molar-refractivity contribution >= 4 is 0 Å². The Hall–Kier alpha value is -2.40. The predicted molar refractivity (Wildman–Crippen MR) is 94.9 cm³/mol. The molecule has 2 heterocycles. The number of rotatable bonds is 5. The van der Waals surface area contributed by atoms with Crippen LogP contribution < -0.4 is 24.3 Å². The molecule has 25 heavy (non-hydrogen) atoms. The van der Waals surface area contributed by atoms with Gasteiger partial charge >= 0.3 is 0 Å². The molecule has 0 fully saturated rings. The van der Waals surface area contributed by atoms with Crippen LogP contribution in [0.1, 0.15) is 29.2 Å². The summed E-state index contributed by atoms with van der Waals surface area (Å²) < 4.78 is 21.8. The first-order chi connectivity index (χ1) is 12.3. The van der Waals surface area contributed by atoms with Crippen molar-refractivity contribution in [3.63, 3.8) is 0 Å². The number of hydrogen-bond acceptors (Lipinski definition) is 5. The number of methoxy groups -OCH3 is 2. The number of hydrogen-bond donors (Lipinski definition) is 1. The first kappa shape index (κ1) is 16.1. The maximum atomic E-state index is 5.55. The van der Waals surface area contributed by atoms with Gasteiger partial charge in [-0.15, -0.1) is 0 Å². The van der Waals surface area contributed by atoms with Gasteiger partial charge in [0.25, 0.3) is 0 Å². The molecule has 0 saturated heterocycles. The zero-order chi connectivity index (χ0) is 17.2. The van der Waals surface area contributed by atoms with Gasteiger partial charge in [-0.25, -0.2) is 0 Å². The molecule has 2 aliphatic heterocycles. The Kier molecular flexibility index (Phi) is 4.40. The lowest BCUT2D eigenvalue weighted by Gasteiger charge is -2.27. The average Bonchev–Trinajstić information content (AvgIpc) is 3.11. The molecule has 1 N–H and O–H groups in total. The van der Waals surface area contributed by atoms with Gasteiger partial charge in [0, 0.05) is 6.04 Å². The molecule has 0 saturated carbocycles. The van der Waals surface area contributed by atoms with E-state index in [9.17, 15) is 0 Å². The van der Waals surface area contributed by atoms with Gasteiger partial charge in [0.05, 0.1) is 14.2 Å². The Morgan fingerprint density at radius 3 is 2.64 bits per heavy atom. The van der Waals surface area contributed by atoms with Crippen LogP contribution in [0.15, 0.2) is 30.3 Å². The summed E-state index contributed by atoms with van der Waals surface area (Å²) >= 11 is 0. The smallest absolute Gasteiger partial charge is 0.231 e. The van der Waals surface area contributed by atoms with Crippen molar-refractivity contribution in [3.05, 3.63) is 47.0 Å². The number of fused-ring (bicyclic) bond motifs is 2. The Labute approximate surface area is 147 Å². The SMILES string of the molecule is COc1ccc(CC[C@@H]2NCCc3cc4c(cc32)OCO4)cc1OC. The number of aryl methyl sites for hydroxylation is 1. The van der Waals surface area contributed by atoms with E-state index in [-0.39, 0.29) is 0 Å². The van der Waals surface area contributed by atoms with Crippen molar-refractivity contribution in [1.29, 1.82) is 0 Å². The third kappa shape index (κ3) is 3.12. The highest BCUT2D eigenvalue weighted by atomic mass is 16.7. The summed E-state index contributed by atoms with van der Waals surface area (Å²) in [5, 5.41) is 3.64. The predicted octanol–water partition coefficient (Wildman–Crippen LogP) is 3.25. The number of benzene rings is 2. The van der Waals surface area contributed by atoms with E-state index in [0.29, 0.717) is 12.8 Å². The Balaban J connectivity index is 1.51. The second-order valence-corrected chi connectivity index (χ2v) is 6.39. The summed E-state index contributed by atoms with van der Waals surface area (Å²) in [7, 11) is 3.33. The van der Waals surface area contributed by atoms with E-state index >= 15 is 0 Å². The summed E-state index contributed by atoms with van der Waals surface area (Å²) in [6.45, 7) is 1.31. The van der Waals surface area contributed by atoms with Crippen LogP contribution in [0.2, 0.25) is 0 Å². The monoisotopic (exact) mass is 341 g/mol. The standard InChI is InChI=1S/C20H23NO4/c1-22-17-6-4-13(9-18(17)23-2)3-5-16-15-11-20-19(24-12-25-20)10-14(15)7-8-21-16/h4,6,9-11,16,21H,3,5,7-8,12H2,1-2H3/t16-/m0/s1. The van der Waals surface area contributed by atoms with Gasteiger partial charge in [-0.3, -0.25) is 0 Å². The van der Waals surface area contributed by atoms with Crippen LogP contribution in [0.25, 0.3) is 0 Å². The fourth-order valence-corrected chi connectivity index (χ4v) is 3.64. The molecule has 2 aromatic rings. The Morgan fingerprint density at radius 2 is 1.84 bits per heavy atom. The Morgan fingerprint density at radius 1 is 1.04 bits per heavy atom. The van der Waals surface area contributed by atoms with Crippen LogP contribution in [0.3, 0.4) is 0 Å². The van der Waals surface area contributed by atoms with Crippen LogP contribution in [0.5, 0.6) is 23.0 Å². The lowest BCUT2D eigenvalue weighted by molar-refractivity contribution is 0.174. The lowest BCUT2D eigenvalue weighted by atomic mass is 9.90. The van der Waals surface area contributed by atoms with E-state index < -0.39 is 0 Å². The van der Waals surface area contributed by atoms with Crippen LogP contribution in [0.4, 0.5) is 0 Å². The molecule has 132 valence electrons. The molecule has 2 aromatic carbocycles. The maximum Gasteiger partial charge on any atom is 0.231 e. The molecular weight excluding hydrogens is 318 g/mol. The molecule has 0 bridgehead atoms. The van der Waals surface area contributed by atoms with Crippen molar-refractivity contribution in [2.75, 3.05) is 27.6 Å². The van der Waals surface area contributed by atoms with Gasteiger partial charge in [0.15, 0.2) is 23.0 Å². The molecule has 0 unspecified atom stereocenters. The summed E-state index contributed by atoms with van der Waals surface area (Å²) in [6, 6.07) is 10.7. The van der Waals surface area contributed by atoms with Gasteiger partial charge in [0.1, 0.15) is 0 Å². The summed E-state index contributed by atoms with van der Waals surface area (Å²) in [5.74, 6) is 3.28. The fourth-order valence-electron chi connectivity index (χ4n) is 3.64. The van der Waals surface area contributed by atoms with Gasteiger partial charge in [-0.05, 0) is 66.8 Å². The third-order valence-corrected chi connectivity index (χ3v) is 4.96. The van der Waals surface area contributed by atoms with E-state index in [1.165, 1.54) is 16.7 Å². The van der Waals surface area contributed by atoms with E-state index in [1.807, 2.05) is 6.07 Å². The molecule has 0 spiro atoms. The van der Waals surface area contributed by atoms with Gasteiger partial charge in [0.2, 0.25) is 6.79 Å². The van der Waals surface area contributed by atoms with Gasteiger partial charge < -0.3 is 24.3 Å². The van der Waals surface area contributed by atoms with Crippen molar-refractivity contribution in [2.45, 2.75) is 25.3 Å². The minimum Gasteiger partial charge on any atom is -0.493 e. The van der Waals surface area contributed by atoms with Gasteiger partial charge in [-0.2, -0.15) is 0 Å². The molecule has 5 nitrogen and oxygen atoms in total. The number of nitrogens with one attached hydrogen (secondary N) is 1. The summed E-state index contributed by atoms with van der Waals surface area (Å²) in [6.07, 6.45) is 3.01. The van der Waals surface area contributed by atoms with Crippen molar-refractivity contribution in [3.8, 4) is 23.0 Å². The van der Waals surface area contributed by atoms with E-state index in [4.69, 9.17) is 18.9 Å². The largest absolute Gasteiger partial charge is 0.493 e. The zero-order valence-corrected chi connectivity index (χ0v) is 14.6. The van der Waals surface area contributed by atoms with Crippen molar-refractivity contribution in [1.82, 2.24) is 5.32 Å². The zero-order valence-electron chi connectivity index (χ0n) is 14.6.